The molecule has 5 heteroatoms. The first kappa shape index (κ1) is 14.2. The number of rotatable bonds is 3. The number of nitro groups is 1. The summed E-state index contributed by atoms with van der Waals surface area (Å²) in [5.74, 6) is -1.06. The molecular formula is C15H17NO4. The first-order valence-corrected chi connectivity index (χ1v) is 6.47. The summed E-state index contributed by atoms with van der Waals surface area (Å²) in [6.45, 7) is 5.36. The smallest absolute Gasteiger partial charge is 0.319 e. The minimum atomic E-state index is -0.598. The van der Waals surface area contributed by atoms with Gasteiger partial charge in [0.25, 0.3) is 0 Å². The normalized spacial score (nSPS) is 20.9. The lowest BCUT2D eigenvalue weighted by Crippen LogP contribution is -2.34. The second-order valence-corrected chi connectivity index (χ2v) is 5.35. The number of carbonyl (C=O) groups excluding carboxylic acids is 1. The third kappa shape index (κ3) is 2.87. The Morgan fingerprint density at radius 3 is 2.75 bits per heavy atom. The van der Waals surface area contributed by atoms with Gasteiger partial charge in [-0.25, -0.2) is 0 Å². The van der Waals surface area contributed by atoms with E-state index in [1.165, 1.54) is 0 Å². The third-order valence-corrected chi connectivity index (χ3v) is 3.34. The van der Waals surface area contributed by atoms with E-state index < -0.39 is 17.8 Å². The van der Waals surface area contributed by atoms with Crippen molar-refractivity contribution < 1.29 is 14.5 Å². The van der Waals surface area contributed by atoms with Crippen molar-refractivity contribution >= 4 is 5.97 Å². The Labute approximate surface area is 117 Å². The number of ether oxygens (including phenoxy) is 1. The molecule has 0 N–H and O–H groups in total. The summed E-state index contributed by atoms with van der Waals surface area (Å²) in [6, 6.07) is 5.40. The third-order valence-electron chi connectivity index (χ3n) is 3.34. The molecule has 0 amide bonds. The minimum absolute atomic E-state index is 0.278. The fourth-order valence-corrected chi connectivity index (χ4v) is 2.50. The Morgan fingerprint density at radius 2 is 2.15 bits per heavy atom. The number of hydrogen-bond donors (Lipinski definition) is 0. The molecule has 0 aromatic heterocycles. The fourth-order valence-electron chi connectivity index (χ4n) is 2.50. The molecule has 0 saturated carbocycles. The van der Waals surface area contributed by atoms with E-state index in [0.717, 1.165) is 16.7 Å². The molecule has 1 aliphatic rings. The maximum Gasteiger partial charge on any atom is 0.319 e. The average Bonchev–Trinajstić information content (AvgIpc) is 2.33. The van der Waals surface area contributed by atoms with Crippen LogP contribution in [0.2, 0.25) is 0 Å². The second kappa shape index (κ2) is 5.45. The van der Waals surface area contributed by atoms with Crippen molar-refractivity contribution in [1.29, 1.82) is 0 Å². The summed E-state index contributed by atoms with van der Waals surface area (Å²) >= 11 is 0. The van der Waals surface area contributed by atoms with Gasteiger partial charge >= 0.3 is 5.97 Å². The summed E-state index contributed by atoms with van der Waals surface area (Å²) in [4.78, 5) is 22.6. The number of esters is 1. The Hall–Kier alpha value is -2.17. The molecule has 0 unspecified atom stereocenters. The van der Waals surface area contributed by atoms with Crippen LogP contribution in [0, 0.1) is 23.0 Å². The van der Waals surface area contributed by atoms with Crippen LogP contribution in [0.5, 0.6) is 5.75 Å². The minimum Gasteiger partial charge on any atom is -0.426 e. The highest BCUT2D eigenvalue weighted by Gasteiger charge is 2.39. The lowest BCUT2D eigenvalue weighted by atomic mass is 9.82. The summed E-state index contributed by atoms with van der Waals surface area (Å²) in [7, 11) is 0. The van der Waals surface area contributed by atoms with Crippen molar-refractivity contribution in [2.75, 3.05) is 6.54 Å². The van der Waals surface area contributed by atoms with Gasteiger partial charge in [-0.15, -0.1) is 0 Å². The van der Waals surface area contributed by atoms with Crippen LogP contribution in [-0.4, -0.2) is 17.4 Å². The number of hydrogen-bond acceptors (Lipinski definition) is 4. The molecule has 20 heavy (non-hydrogen) atoms. The van der Waals surface area contributed by atoms with E-state index in [9.17, 15) is 14.9 Å². The Morgan fingerprint density at radius 1 is 1.45 bits per heavy atom. The number of carbonyl (C=O) groups is 1. The Kier molecular flexibility index (Phi) is 3.88. The monoisotopic (exact) mass is 275 g/mol. The summed E-state index contributed by atoms with van der Waals surface area (Å²) in [6.07, 6.45) is 1.75. The highest BCUT2D eigenvalue weighted by molar-refractivity contribution is 5.81. The molecule has 106 valence electrons. The lowest BCUT2D eigenvalue weighted by Gasteiger charge is -2.28. The molecule has 2 rings (SSSR count). The number of allylic oxidation sites excluding steroid dienone is 1. The number of fused-ring (bicyclic) bond motifs is 1. The lowest BCUT2D eigenvalue weighted by molar-refractivity contribution is -0.484. The zero-order chi connectivity index (χ0) is 14.9. The molecular weight excluding hydrogens is 258 g/mol. The standard InChI is InChI=1S/C15H17NO4/c1-9(2)6-12-13(8-16(18)19)11-7-10(3)4-5-14(11)20-15(12)17/h4-7,12-13H,8H2,1-3H3/t12-,13-/m0/s1. The van der Waals surface area contributed by atoms with Crippen LogP contribution in [0.1, 0.15) is 30.9 Å². The van der Waals surface area contributed by atoms with E-state index in [1.807, 2.05) is 32.9 Å². The molecule has 0 saturated heterocycles. The van der Waals surface area contributed by atoms with Gasteiger partial charge in [0.15, 0.2) is 0 Å². The predicted molar refractivity (Wildman–Crippen MR) is 74.3 cm³/mol. The molecule has 1 aromatic carbocycles. The van der Waals surface area contributed by atoms with Gasteiger partial charge in [-0.2, -0.15) is 0 Å². The molecule has 0 radical (unpaired) electrons. The zero-order valence-electron chi connectivity index (χ0n) is 11.8. The molecule has 1 heterocycles. The molecule has 1 aliphatic heterocycles. The van der Waals surface area contributed by atoms with Crippen molar-refractivity contribution in [2.24, 2.45) is 5.92 Å². The van der Waals surface area contributed by atoms with Gasteiger partial charge in [-0.3, -0.25) is 14.9 Å². The van der Waals surface area contributed by atoms with Crippen LogP contribution in [0.3, 0.4) is 0 Å². The second-order valence-electron chi connectivity index (χ2n) is 5.35. The van der Waals surface area contributed by atoms with Gasteiger partial charge in [0.1, 0.15) is 5.75 Å². The van der Waals surface area contributed by atoms with Crippen LogP contribution in [0.4, 0.5) is 0 Å². The van der Waals surface area contributed by atoms with Crippen LogP contribution >= 0.6 is 0 Å². The van der Waals surface area contributed by atoms with Gasteiger partial charge in [0.05, 0.1) is 11.8 Å². The molecule has 0 bridgehead atoms. The van der Waals surface area contributed by atoms with Gasteiger partial charge in [-0.05, 0) is 26.8 Å². The maximum atomic E-state index is 12.1. The predicted octanol–water partition coefficient (Wildman–Crippen LogP) is 2.86. The molecule has 0 aliphatic carbocycles. The van der Waals surface area contributed by atoms with E-state index in [0.29, 0.717) is 5.75 Å². The first-order valence-electron chi connectivity index (χ1n) is 6.47. The fraction of sp³-hybridized carbons (Fsp3) is 0.400. The number of nitrogens with zero attached hydrogens (tertiary/aromatic N) is 1. The van der Waals surface area contributed by atoms with Gasteiger partial charge in [0.2, 0.25) is 6.54 Å². The number of aryl methyl sites for hydroxylation is 1. The van der Waals surface area contributed by atoms with E-state index >= 15 is 0 Å². The van der Waals surface area contributed by atoms with Crippen molar-refractivity contribution in [1.82, 2.24) is 0 Å². The SMILES string of the molecule is CC(C)=C[C@@H]1C(=O)Oc2ccc(C)cc2[C@@H]1C[N+](=O)[O-]. The summed E-state index contributed by atoms with van der Waals surface area (Å²) in [5, 5.41) is 10.9. The van der Waals surface area contributed by atoms with Crippen molar-refractivity contribution in [3.8, 4) is 5.75 Å². The molecule has 2 atom stereocenters. The van der Waals surface area contributed by atoms with E-state index in [2.05, 4.69) is 0 Å². The summed E-state index contributed by atoms with van der Waals surface area (Å²) in [5.41, 5.74) is 2.67. The molecule has 5 nitrogen and oxygen atoms in total. The van der Waals surface area contributed by atoms with Crippen molar-refractivity contribution in [2.45, 2.75) is 26.7 Å². The maximum absolute atomic E-state index is 12.1. The van der Waals surface area contributed by atoms with Crippen molar-refractivity contribution in [3.05, 3.63) is 51.1 Å². The number of benzene rings is 1. The largest absolute Gasteiger partial charge is 0.426 e. The Balaban J connectivity index is 2.52. The quantitative estimate of drug-likeness (QED) is 0.279. The highest BCUT2D eigenvalue weighted by atomic mass is 16.6. The van der Waals surface area contributed by atoms with E-state index in [4.69, 9.17) is 4.74 Å². The van der Waals surface area contributed by atoms with Crippen LogP contribution in [-0.2, 0) is 4.79 Å². The molecule has 1 aromatic rings. The molecule has 0 spiro atoms. The first-order chi connectivity index (χ1) is 9.38. The Bertz CT molecular complexity index is 588. The van der Waals surface area contributed by atoms with E-state index in [1.54, 1.807) is 12.1 Å². The van der Waals surface area contributed by atoms with Crippen molar-refractivity contribution in [3.63, 3.8) is 0 Å². The molecule has 0 fully saturated rings. The van der Waals surface area contributed by atoms with Crippen LogP contribution in [0.25, 0.3) is 0 Å². The average molecular weight is 275 g/mol. The topological polar surface area (TPSA) is 69.4 Å². The van der Waals surface area contributed by atoms with Gasteiger partial charge in [0, 0.05) is 10.5 Å². The van der Waals surface area contributed by atoms with Crippen LogP contribution in [0.15, 0.2) is 29.8 Å². The zero-order valence-corrected chi connectivity index (χ0v) is 11.8. The highest BCUT2D eigenvalue weighted by Crippen LogP contribution is 2.39. The van der Waals surface area contributed by atoms with Crippen LogP contribution < -0.4 is 4.74 Å². The van der Waals surface area contributed by atoms with Gasteiger partial charge < -0.3 is 4.74 Å². The summed E-state index contributed by atoms with van der Waals surface area (Å²) < 4.78 is 5.31. The van der Waals surface area contributed by atoms with Gasteiger partial charge in [-0.1, -0.05) is 29.3 Å². The van der Waals surface area contributed by atoms with E-state index in [-0.39, 0.29) is 11.5 Å².